The van der Waals surface area contributed by atoms with Gasteiger partial charge in [0, 0.05) is 19.0 Å². The third-order valence-electron chi connectivity index (χ3n) is 2.62. The van der Waals surface area contributed by atoms with Crippen molar-refractivity contribution in [2.24, 2.45) is 5.92 Å². The number of hydrogen-bond acceptors (Lipinski definition) is 1. The predicted molar refractivity (Wildman–Crippen MR) is 57.2 cm³/mol. The van der Waals surface area contributed by atoms with Gasteiger partial charge >= 0.3 is 0 Å². The van der Waals surface area contributed by atoms with E-state index in [0.29, 0.717) is 6.04 Å². The lowest BCUT2D eigenvalue weighted by Crippen LogP contribution is -2.33. The van der Waals surface area contributed by atoms with Gasteiger partial charge in [0.15, 0.2) is 0 Å². The van der Waals surface area contributed by atoms with Crippen LogP contribution in [-0.2, 0) is 0 Å². The first-order valence-electron chi connectivity index (χ1n) is 5.49. The van der Waals surface area contributed by atoms with Crippen molar-refractivity contribution in [3.8, 4) is 0 Å². The number of rotatable bonds is 5. The lowest BCUT2D eigenvalue weighted by Gasteiger charge is -2.25. The van der Waals surface area contributed by atoms with Crippen molar-refractivity contribution in [3.05, 3.63) is 0 Å². The van der Waals surface area contributed by atoms with E-state index < -0.39 is 0 Å². The molecule has 13 heavy (non-hydrogen) atoms. The van der Waals surface area contributed by atoms with Crippen LogP contribution in [0.3, 0.4) is 0 Å². The van der Waals surface area contributed by atoms with Crippen molar-refractivity contribution in [3.63, 3.8) is 0 Å². The van der Waals surface area contributed by atoms with E-state index in [0.717, 1.165) is 24.7 Å². The average molecular weight is 182 g/mol. The quantitative estimate of drug-likeness (QED) is 0.513. The van der Waals surface area contributed by atoms with E-state index in [-0.39, 0.29) is 0 Å². The summed E-state index contributed by atoms with van der Waals surface area (Å²) in [5.41, 5.74) is 0. The van der Waals surface area contributed by atoms with E-state index in [1.165, 1.54) is 19.3 Å². The van der Waals surface area contributed by atoms with Crippen LogP contribution < -0.4 is 0 Å². The first-order valence-corrected chi connectivity index (χ1v) is 5.49. The first-order chi connectivity index (χ1) is 6.15. The summed E-state index contributed by atoms with van der Waals surface area (Å²) in [6.45, 7) is 7.67. The van der Waals surface area contributed by atoms with E-state index in [1.807, 2.05) is 0 Å². The minimum atomic E-state index is 0.714. The Bertz CT molecular complexity index is 171. The second kappa shape index (κ2) is 4.64. The summed E-state index contributed by atoms with van der Waals surface area (Å²) in [7, 11) is 0. The summed E-state index contributed by atoms with van der Waals surface area (Å²) >= 11 is 0. The van der Waals surface area contributed by atoms with Crippen LogP contribution in [0.15, 0.2) is 0 Å². The van der Waals surface area contributed by atoms with Gasteiger partial charge in [-0.25, -0.2) is 0 Å². The molecule has 1 rings (SSSR count). The summed E-state index contributed by atoms with van der Waals surface area (Å²) in [6, 6.07) is 0.714. The zero-order chi connectivity index (χ0) is 9.84. The molecule has 0 bridgehead atoms. The van der Waals surface area contributed by atoms with E-state index in [9.17, 15) is 0 Å². The van der Waals surface area contributed by atoms with Gasteiger partial charge in [-0.15, -0.1) is 0 Å². The molecule has 0 aromatic carbocycles. The van der Waals surface area contributed by atoms with Crippen LogP contribution in [0.4, 0.5) is 0 Å². The normalized spacial score (nSPS) is 16.3. The summed E-state index contributed by atoms with van der Waals surface area (Å²) in [5.74, 6) is 1.59. The van der Waals surface area contributed by atoms with Crippen molar-refractivity contribution < 1.29 is 0 Å². The van der Waals surface area contributed by atoms with Gasteiger partial charge in [0.2, 0.25) is 0 Å². The van der Waals surface area contributed by atoms with E-state index in [4.69, 9.17) is 5.41 Å². The highest BCUT2D eigenvalue weighted by Gasteiger charge is 2.29. The molecule has 0 saturated heterocycles. The topological polar surface area (TPSA) is 27.1 Å². The van der Waals surface area contributed by atoms with Crippen molar-refractivity contribution in [1.82, 2.24) is 4.90 Å². The maximum atomic E-state index is 7.84. The third-order valence-corrected chi connectivity index (χ3v) is 2.62. The average Bonchev–Trinajstić information content (AvgIpc) is 2.87. The number of nitrogens with one attached hydrogen (secondary N) is 1. The smallest absolute Gasteiger partial charge is 0.0957 e. The summed E-state index contributed by atoms with van der Waals surface area (Å²) in [5, 5.41) is 7.84. The van der Waals surface area contributed by atoms with Crippen LogP contribution in [0.5, 0.6) is 0 Å². The molecule has 0 spiro atoms. The summed E-state index contributed by atoms with van der Waals surface area (Å²) < 4.78 is 0. The Morgan fingerprint density at radius 3 is 2.46 bits per heavy atom. The zero-order valence-corrected chi connectivity index (χ0v) is 9.14. The Labute approximate surface area is 81.8 Å². The Hall–Kier alpha value is -0.530. The number of amidine groups is 1. The van der Waals surface area contributed by atoms with Crippen molar-refractivity contribution in [2.75, 3.05) is 6.54 Å². The van der Waals surface area contributed by atoms with Gasteiger partial charge in [-0.1, -0.05) is 20.8 Å². The Kier molecular flexibility index (Phi) is 3.76. The number of nitrogens with zero attached hydrogens (tertiary/aromatic N) is 1. The lowest BCUT2D eigenvalue weighted by atomic mass is 10.1. The molecule has 0 amide bonds. The molecule has 0 radical (unpaired) electrons. The highest BCUT2D eigenvalue weighted by molar-refractivity contribution is 5.79. The van der Waals surface area contributed by atoms with Gasteiger partial charge in [-0.3, -0.25) is 5.41 Å². The molecule has 1 fully saturated rings. The van der Waals surface area contributed by atoms with E-state index in [1.54, 1.807) is 0 Å². The number of hydrogen-bond donors (Lipinski definition) is 1. The lowest BCUT2D eigenvalue weighted by molar-refractivity contribution is 0.364. The Balaban J connectivity index is 2.33. The molecular formula is C11H22N2. The standard InChI is InChI=1S/C11H22N2/c1-4-11(12)13(10-5-6-10)8-7-9(2)3/h9-10,12H,4-8H2,1-3H3. The van der Waals surface area contributed by atoms with Crippen LogP contribution >= 0.6 is 0 Å². The second-order valence-corrected chi connectivity index (χ2v) is 4.41. The SMILES string of the molecule is CCC(=N)N(CCC(C)C)C1CC1. The van der Waals surface area contributed by atoms with Gasteiger partial charge in [0.05, 0.1) is 5.84 Å². The largest absolute Gasteiger partial charge is 0.358 e. The molecule has 0 unspecified atom stereocenters. The molecule has 2 heteroatoms. The Morgan fingerprint density at radius 2 is 2.08 bits per heavy atom. The molecule has 76 valence electrons. The highest BCUT2D eigenvalue weighted by Crippen LogP contribution is 2.27. The fraction of sp³-hybridized carbons (Fsp3) is 0.909. The molecule has 1 aliphatic carbocycles. The van der Waals surface area contributed by atoms with E-state index >= 15 is 0 Å². The molecule has 1 aliphatic rings. The molecule has 0 aliphatic heterocycles. The van der Waals surface area contributed by atoms with Crippen molar-refractivity contribution in [2.45, 2.75) is 52.5 Å². The second-order valence-electron chi connectivity index (χ2n) is 4.41. The summed E-state index contributed by atoms with van der Waals surface area (Å²) in [6.07, 6.45) is 4.72. The van der Waals surface area contributed by atoms with Gasteiger partial charge in [0.25, 0.3) is 0 Å². The molecule has 0 atom stereocenters. The van der Waals surface area contributed by atoms with Gasteiger partial charge in [-0.05, 0) is 25.2 Å². The fourth-order valence-corrected chi connectivity index (χ4v) is 1.52. The van der Waals surface area contributed by atoms with Crippen molar-refractivity contribution >= 4 is 5.84 Å². The molecule has 0 heterocycles. The predicted octanol–water partition coefficient (Wildman–Crippen LogP) is 2.88. The van der Waals surface area contributed by atoms with Gasteiger partial charge in [-0.2, -0.15) is 0 Å². The maximum Gasteiger partial charge on any atom is 0.0957 e. The first kappa shape index (κ1) is 10.6. The van der Waals surface area contributed by atoms with Gasteiger partial charge in [0.1, 0.15) is 0 Å². The third kappa shape index (κ3) is 3.37. The molecule has 0 aromatic rings. The summed E-state index contributed by atoms with van der Waals surface area (Å²) in [4.78, 5) is 2.31. The monoisotopic (exact) mass is 182 g/mol. The molecule has 0 aromatic heterocycles. The van der Waals surface area contributed by atoms with Gasteiger partial charge < -0.3 is 4.90 Å². The molecular weight excluding hydrogens is 160 g/mol. The molecule has 1 N–H and O–H groups in total. The van der Waals surface area contributed by atoms with Crippen LogP contribution in [0.25, 0.3) is 0 Å². The van der Waals surface area contributed by atoms with Crippen molar-refractivity contribution in [1.29, 1.82) is 5.41 Å². The fourth-order valence-electron chi connectivity index (χ4n) is 1.52. The Morgan fingerprint density at radius 1 is 1.46 bits per heavy atom. The zero-order valence-electron chi connectivity index (χ0n) is 9.14. The van der Waals surface area contributed by atoms with Crippen LogP contribution in [-0.4, -0.2) is 23.3 Å². The molecule has 2 nitrogen and oxygen atoms in total. The van der Waals surface area contributed by atoms with Crippen LogP contribution in [0, 0.1) is 11.3 Å². The molecule has 1 saturated carbocycles. The highest BCUT2D eigenvalue weighted by atomic mass is 15.2. The minimum Gasteiger partial charge on any atom is -0.358 e. The van der Waals surface area contributed by atoms with Crippen LogP contribution in [0.1, 0.15) is 46.5 Å². The maximum absolute atomic E-state index is 7.84. The van der Waals surface area contributed by atoms with Crippen LogP contribution in [0.2, 0.25) is 0 Å². The van der Waals surface area contributed by atoms with E-state index in [2.05, 4.69) is 25.7 Å². The minimum absolute atomic E-state index is 0.714.